The molecule has 32 heavy (non-hydrogen) atoms. The van der Waals surface area contributed by atoms with Crippen molar-refractivity contribution in [2.24, 2.45) is 0 Å². The summed E-state index contributed by atoms with van der Waals surface area (Å²) in [6.45, 7) is 11.1. The zero-order valence-electron chi connectivity index (χ0n) is 19.0. The van der Waals surface area contributed by atoms with E-state index in [1.807, 2.05) is 43.3 Å². The number of amides is 1. The van der Waals surface area contributed by atoms with Gasteiger partial charge in [0, 0.05) is 44.8 Å². The molecule has 2 aromatic carbocycles. The van der Waals surface area contributed by atoms with Gasteiger partial charge in [-0.3, -0.25) is 9.69 Å². The third-order valence-corrected chi connectivity index (χ3v) is 6.14. The summed E-state index contributed by atoms with van der Waals surface area (Å²) in [4.78, 5) is 22.2. The highest BCUT2D eigenvalue weighted by Crippen LogP contribution is 2.21. The van der Waals surface area contributed by atoms with Crippen molar-refractivity contribution in [2.45, 2.75) is 33.4 Å². The highest BCUT2D eigenvalue weighted by molar-refractivity contribution is 5.78. The molecule has 6 nitrogen and oxygen atoms in total. The van der Waals surface area contributed by atoms with E-state index in [1.54, 1.807) is 0 Å². The summed E-state index contributed by atoms with van der Waals surface area (Å²) in [6, 6.07) is 18.1. The lowest BCUT2D eigenvalue weighted by Crippen LogP contribution is -2.45. The van der Waals surface area contributed by atoms with E-state index in [-0.39, 0.29) is 12.3 Å². The van der Waals surface area contributed by atoms with Gasteiger partial charge in [-0.2, -0.15) is 0 Å². The Bertz CT molecular complexity index is 1020. The number of aromatic nitrogens is 1. The molecule has 1 fully saturated rings. The average Bonchev–Trinajstić information content (AvgIpc) is 3.19. The Morgan fingerprint density at radius 3 is 2.34 bits per heavy atom. The highest BCUT2D eigenvalue weighted by Gasteiger charge is 2.18. The molecule has 0 unspecified atom stereocenters. The van der Waals surface area contributed by atoms with Gasteiger partial charge in [0.2, 0.25) is 11.8 Å². The van der Waals surface area contributed by atoms with Gasteiger partial charge in [-0.15, -0.1) is 0 Å². The van der Waals surface area contributed by atoms with E-state index in [9.17, 15) is 4.79 Å². The summed E-state index contributed by atoms with van der Waals surface area (Å²) in [6.07, 6.45) is 0.212. The van der Waals surface area contributed by atoms with Gasteiger partial charge in [0.1, 0.15) is 5.76 Å². The van der Waals surface area contributed by atoms with Crippen molar-refractivity contribution >= 4 is 5.91 Å². The number of hydrogen-bond acceptors (Lipinski definition) is 5. The molecule has 1 saturated heterocycles. The number of nitrogens with one attached hydrogen (secondary N) is 1. The Morgan fingerprint density at radius 2 is 1.62 bits per heavy atom. The topological polar surface area (TPSA) is 61.6 Å². The van der Waals surface area contributed by atoms with Crippen LogP contribution in [0.2, 0.25) is 0 Å². The summed E-state index contributed by atoms with van der Waals surface area (Å²) in [7, 11) is 0. The van der Waals surface area contributed by atoms with E-state index < -0.39 is 0 Å². The molecule has 168 valence electrons. The second-order valence-corrected chi connectivity index (χ2v) is 8.32. The number of likely N-dealkylation sites (N-methyl/N-ethyl adjacent to an activating group) is 1. The summed E-state index contributed by atoms with van der Waals surface area (Å²) in [5, 5.41) is 3.07. The van der Waals surface area contributed by atoms with Gasteiger partial charge < -0.3 is 14.6 Å². The van der Waals surface area contributed by atoms with Crippen molar-refractivity contribution in [3.63, 3.8) is 0 Å². The molecule has 1 aliphatic rings. The van der Waals surface area contributed by atoms with Crippen LogP contribution in [0.1, 0.15) is 29.5 Å². The maximum atomic E-state index is 12.6. The number of benzene rings is 2. The summed E-state index contributed by atoms with van der Waals surface area (Å²) >= 11 is 0. The average molecular weight is 433 g/mol. The van der Waals surface area contributed by atoms with Crippen molar-refractivity contribution < 1.29 is 9.21 Å². The van der Waals surface area contributed by atoms with Crippen LogP contribution in [0, 0.1) is 6.92 Å². The molecule has 2 heterocycles. The molecular formula is C26H32N4O2. The zero-order chi connectivity index (χ0) is 22.3. The molecule has 0 aliphatic carbocycles. The quantitative estimate of drug-likeness (QED) is 0.589. The van der Waals surface area contributed by atoms with Crippen molar-refractivity contribution in [3.8, 4) is 11.5 Å². The van der Waals surface area contributed by atoms with E-state index in [0.717, 1.165) is 44.8 Å². The Balaban J connectivity index is 1.33. The number of aryl methyl sites for hydroxylation is 1. The van der Waals surface area contributed by atoms with Gasteiger partial charge in [0.05, 0.1) is 12.1 Å². The van der Waals surface area contributed by atoms with Crippen LogP contribution in [0.15, 0.2) is 59.0 Å². The highest BCUT2D eigenvalue weighted by atomic mass is 16.4. The molecule has 1 N–H and O–H groups in total. The molecule has 1 aliphatic heterocycles. The van der Waals surface area contributed by atoms with E-state index in [0.29, 0.717) is 23.9 Å². The fourth-order valence-electron chi connectivity index (χ4n) is 4.09. The van der Waals surface area contributed by atoms with Crippen molar-refractivity contribution in [3.05, 3.63) is 77.2 Å². The predicted molar refractivity (Wildman–Crippen MR) is 126 cm³/mol. The van der Waals surface area contributed by atoms with Gasteiger partial charge in [-0.1, -0.05) is 49.4 Å². The molecule has 0 saturated carbocycles. The number of rotatable bonds is 8. The molecule has 6 heteroatoms. The van der Waals surface area contributed by atoms with Gasteiger partial charge in [0.15, 0.2) is 0 Å². The first-order chi connectivity index (χ1) is 15.6. The minimum absolute atomic E-state index is 0.0487. The lowest BCUT2D eigenvalue weighted by molar-refractivity contribution is -0.120. The summed E-state index contributed by atoms with van der Waals surface area (Å²) in [5.41, 5.74) is 4.04. The fourth-order valence-corrected chi connectivity index (χ4v) is 4.09. The molecule has 4 rings (SSSR count). The van der Waals surface area contributed by atoms with Gasteiger partial charge in [-0.25, -0.2) is 4.98 Å². The Morgan fingerprint density at radius 1 is 0.969 bits per heavy atom. The van der Waals surface area contributed by atoms with E-state index >= 15 is 0 Å². The van der Waals surface area contributed by atoms with E-state index in [4.69, 9.17) is 4.42 Å². The van der Waals surface area contributed by atoms with Gasteiger partial charge in [-0.05, 0) is 36.7 Å². The first-order valence-corrected chi connectivity index (χ1v) is 11.4. The fraction of sp³-hybridized carbons (Fsp3) is 0.385. The molecule has 1 amide bonds. The SMILES string of the molecule is CCN1CCN(Cc2ccccc2CNC(=O)Cc2nc(-c3ccccc3)oc2C)CC1. The number of carbonyl (C=O) groups excluding carboxylic acids is 1. The lowest BCUT2D eigenvalue weighted by Gasteiger charge is -2.34. The van der Waals surface area contributed by atoms with E-state index in [1.165, 1.54) is 11.1 Å². The normalized spacial score (nSPS) is 15.1. The van der Waals surface area contributed by atoms with Crippen LogP contribution < -0.4 is 5.32 Å². The van der Waals surface area contributed by atoms with Crippen molar-refractivity contribution in [2.75, 3.05) is 32.7 Å². The largest absolute Gasteiger partial charge is 0.441 e. The molecular weight excluding hydrogens is 400 g/mol. The predicted octanol–water partition coefficient (Wildman–Crippen LogP) is 3.65. The Labute approximate surface area is 190 Å². The minimum atomic E-state index is -0.0487. The number of carbonyl (C=O) groups is 1. The van der Waals surface area contributed by atoms with Crippen LogP contribution >= 0.6 is 0 Å². The smallest absolute Gasteiger partial charge is 0.226 e. The molecule has 3 aromatic rings. The van der Waals surface area contributed by atoms with Gasteiger partial charge >= 0.3 is 0 Å². The number of nitrogens with zero attached hydrogens (tertiary/aromatic N) is 3. The minimum Gasteiger partial charge on any atom is -0.441 e. The van der Waals surface area contributed by atoms with Gasteiger partial charge in [0.25, 0.3) is 0 Å². The third-order valence-electron chi connectivity index (χ3n) is 6.14. The standard InChI is InChI=1S/C26H32N4O2/c1-3-29-13-15-30(16-14-29)19-23-12-8-7-11-22(23)18-27-25(31)17-24-20(2)32-26(28-24)21-9-5-4-6-10-21/h4-12H,3,13-19H2,1-2H3,(H,27,31). The lowest BCUT2D eigenvalue weighted by atomic mass is 10.1. The molecule has 0 spiro atoms. The molecule has 0 atom stereocenters. The van der Waals surface area contributed by atoms with Crippen LogP contribution in [0.4, 0.5) is 0 Å². The summed E-state index contributed by atoms with van der Waals surface area (Å²) in [5.74, 6) is 1.19. The first-order valence-electron chi connectivity index (χ1n) is 11.4. The third kappa shape index (κ3) is 5.64. The monoisotopic (exact) mass is 432 g/mol. The van der Waals surface area contributed by atoms with Crippen LogP contribution in [-0.4, -0.2) is 53.4 Å². The second kappa shape index (κ2) is 10.6. The van der Waals surface area contributed by atoms with Crippen molar-refractivity contribution in [1.29, 1.82) is 0 Å². The first kappa shape index (κ1) is 22.2. The maximum Gasteiger partial charge on any atom is 0.226 e. The number of hydrogen-bond donors (Lipinski definition) is 1. The van der Waals surface area contributed by atoms with Crippen LogP contribution in [0.25, 0.3) is 11.5 Å². The second-order valence-electron chi connectivity index (χ2n) is 8.32. The Hall–Kier alpha value is -2.96. The van der Waals surface area contributed by atoms with Crippen molar-refractivity contribution in [1.82, 2.24) is 20.1 Å². The van der Waals surface area contributed by atoms with Crippen LogP contribution in [-0.2, 0) is 24.3 Å². The maximum absolute atomic E-state index is 12.6. The van der Waals surface area contributed by atoms with Crippen LogP contribution in [0.5, 0.6) is 0 Å². The van der Waals surface area contributed by atoms with E-state index in [2.05, 4.69) is 45.2 Å². The number of piperazine rings is 1. The zero-order valence-corrected chi connectivity index (χ0v) is 19.0. The Kier molecular flexibility index (Phi) is 7.35. The summed E-state index contributed by atoms with van der Waals surface area (Å²) < 4.78 is 5.78. The molecule has 0 radical (unpaired) electrons. The molecule has 0 bridgehead atoms. The van der Waals surface area contributed by atoms with Crippen LogP contribution in [0.3, 0.4) is 0 Å². The molecule has 1 aromatic heterocycles. The number of oxazole rings is 1.